The predicted molar refractivity (Wildman–Crippen MR) is 118 cm³/mol. The first-order valence-corrected chi connectivity index (χ1v) is 10.6. The van der Waals surface area contributed by atoms with Gasteiger partial charge >= 0.3 is 0 Å². The fourth-order valence-corrected chi connectivity index (χ4v) is 4.28. The van der Waals surface area contributed by atoms with Crippen molar-refractivity contribution in [3.8, 4) is 0 Å². The van der Waals surface area contributed by atoms with Crippen LogP contribution in [0.3, 0.4) is 0 Å². The summed E-state index contributed by atoms with van der Waals surface area (Å²) in [5.41, 5.74) is 4.30. The van der Waals surface area contributed by atoms with Gasteiger partial charge in [-0.05, 0) is 64.4 Å². The molecule has 0 unspecified atom stereocenters. The first kappa shape index (κ1) is 19.6. The van der Waals surface area contributed by atoms with Gasteiger partial charge in [-0.2, -0.15) is 0 Å². The average molecular weight is 391 g/mol. The number of likely N-dealkylation sites (tertiary alicyclic amines) is 1. The van der Waals surface area contributed by atoms with Crippen molar-refractivity contribution in [1.82, 2.24) is 14.5 Å². The van der Waals surface area contributed by atoms with Crippen LogP contribution in [0.4, 0.5) is 5.69 Å². The number of carbonyl (C=O) groups excluding carboxylic acids is 1. The van der Waals surface area contributed by atoms with Crippen molar-refractivity contribution in [2.24, 2.45) is 5.92 Å². The molecule has 0 spiro atoms. The van der Waals surface area contributed by atoms with Gasteiger partial charge in [0.15, 0.2) is 0 Å². The van der Waals surface area contributed by atoms with E-state index in [1.807, 2.05) is 30.3 Å². The van der Waals surface area contributed by atoms with E-state index in [0.29, 0.717) is 6.04 Å². The van der Waals surface area contributed by atoms with Gasteiger partial charge in [-0.1, -0.05) is 29.8 Å². The molecule has 5 heteroatoms. The van der Waals surface area contributed by atoms with E-state index in [2.05, 4.69) is 53.8 Å². The highest BCUT2D eigenvalue weighted by atomic mass is 16.1. The summed E-state index contributed by atoms with van der Waals surface area (Å²) in [4.78, 5) is 20.1. The summed E-state index contributed by atoms with van der Waals surface area (Å²) in [6, 6.07) is 16.7. The number of aryl methyl sites for hydroxylation is 1. The maximum atomic E-state index is 12.8. The first-order valence-electron chi connectivity index (χ1n) is 10.6. The molecule has 4 rings (SSSR count). The Hall–Kier alpha value is -2.66. The van der Waals surface area contributed by atoms with Gasteiger partial charge in [-0.25, -0.2) is 4.98 Å². The van der Waals surface area contributed by atoms with Gasteiger partial charge in [0.25, 0.3) is 0 Å². The van der Waals surface area contributed by atoms with E-state index in [4.69, 9.17) is 4.98 Å². The van der Waals surface area contributed by atoms with Crippen LogP contribution in [-0.2, 0) is 11.3 Å². The average Bonchev–Trinajstić information content (AvgIpc) is 3.08. The van der Waals surface area contributed by atoms with Crippen molar-refractivity contribution < 1.29 is 4.79 Å². The van der Waals surface area contributed by atoms with Gasteiger partial charge in [0.05, 0.1) is 23.5 Å². The summed E-state index contributed by atoms with van der Waals surface area (Å²) in [5.74, 6) is 1.22. The number of piperidine rings is 1. The summed E-state index contributed by atoms with van der Waals surface area (Å²) in [6.45, 7) is 9.02. The number of benzene rings is 2. The Morgan fingerprint density at radius 2 is 1.93 bits per heavy atom. The Bertz CT molecular complexity index is 990. The molecule has 5 nitrogen and oxygen atoms in total. The number of hydrogen-bond donors (Lipinski definition) is 1. The zero-order valence-corrected chi connectivity index (χ0v) is 17.6. The van der Waals surface area contributed by atoms with Crippen LogP contribution in [0.25, 0.3) is 11.0 Å². The molecule has 0 bridgehead atoms. The molecule has 3 aromatic rings. The normalized spacial score (nSPS) is 17.7. The van der Waals surface area contributed by atoms with Crippen molar-refractivity contribution in [3.05, 3.63) is 59.9 Å². The SMILES string of the molecule is Cc1ccc(NC(=O)[C@H]2CCCN(Cc3nc4ccccc4n3C(C)C)C2)cc1. The zero-order chi connectivity index (χ0) is 20.4. The lowest BCUT2D eigenvalue weighted by Crippen LogP contribution is -2.40. The maximum Gasteiger partial charge on any atom is 0.228 e. The highest BCUT2D eigenvalue weighted by Gasteiger charge is 2.27. The Kier molecular flexibility index (Phi) is 5.67. The predicted octanol–water partition coefficient (Wildman–Crippen LogP) is 4.78. The third kappa shape index (κ3) is 4.35. The largest absolute Gasteiger partial charge is 0.326 e. The molecule has 1 aliphatic rings. The van der Waals surface area contributed by atoms with Crippen LogP contribution < -0.4 is 5.32 Å². The van der Waals surface area contributed by atoms with E-state index >= 15 is 0 Å². The third-order valence-electron chi connectivity index (χ3n) is 5.75. The number of aromatic nitrogens is 2. The Morgan fingerprint density at radius 3 is 2.69 bits per heavy atom. The van der Waals surface area contributed by atoms with Crippen molar-refractivity contribution >= 4 is 22.6 Å². The lowest BCUT2D eigenvalue weighted by molar-refractivity contribution is -0.121. The molecular weight excluding hydrogens is 360 g/mol. The molecule has 0 aliphatic carbocycles. The van der Waals surface area contributed by atoms with Crippen molar-refractivity contribution in [3.63, 3.8) is 0 Å². The number of carbonyl (C=O) groups is 1. The van der Waals surface area contributed by atoms with Crippen LogP contribution in [0.15, 0.2) is 48.5 Å². The topological polar surface area (TPSA) is 50.2 Å². The standard InChI is InChI=1S/C24H30N4O/c1-17(2)28-22-9-5-4-8-21(22)26-23(28)16-27-14-6-7-19(15-27)24(29)25-20-12-10-18(3)11-13-20/h4-5,8-13,17,19H,6-7,14-16H2,1-3H3,(H,25,29)/t19-/m0/s1. The molecule has 152 valence electrons. The number of nitrogens with zero attached hydrogens (tertiary/aromatic N) is 3. The van der Waals surface area contributed by atoms with E-state index in [9.17, 15) is 4.79 Å². The molecule has 1 aliphatic heterocycles. The second kappa shape index (κ2) is 8.37. The van der Waals surface area contributed by atoms with Gasteiger partial charge in [0.2, 0.25) is 5.91 Å². The van der Waals surface area contributed by atoms with Gasteiger partial charge in [0.1, 0.15) is 5.82 Å². The van der Waals surface area contributed by atoms with Gasteiger partial charge in [0, 0.05) is 18.3 Å². The molecular formula is C24H30N4O. The van der Waals surface area contributed by atoms with E-state index in [1.165, 1.54) is 11.1 Å². The fraction of sp³-hybridized carbons (Fsp3) is 0.417. The minimum absolute atomic E-state index is 0.0157. The Labute approximate surface area is 172 Å². The summed E-state index contributed by atoms with van der Waals surface area (Å²) in [6.07, 6.45) is 1.97. The Balaban J connectivity index is 1.46. The number of hydrogen-bond acceptors (Lipinski definition) is 3. The van der Waals surface area contributed by atoms with Gasteiger partial charge in [-0.15, -0.1) is 0 Å². The minimum atomic E-state index is 0.0157. The summed E-state index contributed by atoms with van der Waals surface area (Å²) >= 11 is 0. The van der Waals surface area contributed by atoms with Gasteiger partial charge in [-0.3, -0.25) is 9.69 Å². The second-order valence-electron chi connectivity index (χ2n) is 8.41. The minimum Gasteiger partial charge on any atom is -0.326 e. The molecule has 1 saturated heterocycles. The van der Waals surface area contributed by atoms with E-state index in [0.717, 1.165) is 49.5 Å². The fourth-order valence-electron chi connectivity index (χ4n) is 4.28. The number of fused-ring (bicyclic) bond motifs is 1. The van der Waals surface area contributed by atoms with E-state index in [1.54, 1.807) is 0 Å². The van der Waals surface area contributed by atoms with Crippen molar-refractivity contribution in [1.29, 1.82) is 0 Å². The number of anilines is 1. The maximum absolute atomic E-state index is 12.8. The first-order chi connectivity index (χ1) is 14.0. The lowest BCUT2D eigenvalue weighted by Gasteiger charge is -2.32. The van der Waals surface area contributed by atoms with Crippen LogP contribution in [-0.4, -0.2) is 33.4 Å². The molecule has 2 aromatic carbocycles. The number of imidazole rings is 1. The van der Waals surface area contributed by atoms with Crippen LogP contribution in [0.1, 0.15) is 44.1 Å². The number of amides is 1. The van der Waals surface area contributed by atoms with Crippen molar-refractivity contribution in [2.45, 2.75) is 46.2 Å². The summed E-state index contributed by atoms with van der Waals surface area (Å²) in [7, 11) is 0. The molecule has 1 amide bonds. The monoisotopic (exact) mass is 390 g/mol. The van der Waals surface area contributed by atoms with Crippen LogP contribution in [0.5, 0.6) is 0 Å². The zero-order valence-electron chi connectivity index (χ0n) is 17.6. The second-order valence-corrected chi connectivity index (χ2v) is 8.41. The van der Waals surface area contributed by atoms with Crippen LogP contribution in [0, 0.1) is 12.8 Å². The number of rotatable bonds is 5. The van der Waals surface area contributed by atoms with Gasteiger partial charge < -0.3 is 9.88 Å². The molecule has 1 atom stereocenters. The summed E-state index contributed by atoms with van der Waals surface area (Å²) in [5, 5.41) is 3.09. The number of nitrogens with one attached hydrogen (secondary N) is 1. The lowest BCUT2D eigenvalue weighted by atomic mass is 9.97. The quantitative estimate of drug-likeness (QED) is 0.682. The molecule has 1 N–H and O–H groups in total. The van der Waals surface area contributed by atoms with E-state index in [-0.39, 0.29) is 11.8 Å². The summed E-state index contributed by atoms with van der Waals surface area (Å²) < 4.78 is 2.32. The molecule has 29 heavy (non-hydrogen) atoms. The van der Waals surface area contributed by atoms with Crippen molar-refractivity contribution in [2.75, 3.05) is 18.4 Å². The molecule has 1 fully saturated rings. The number of para-hydroxylation sites is 2. The van der Waals surface area contributed by atoms with Crippen LogP contribution in [0.2, 0.25) is 0 Å². The van der Waals surface area contributed by atoms with Crippen LogP contribution >= 0.6 is 0 Å². The Morgan fingerprint density at radius 1 is 1.17 bits per heavy atom. The third-order valence-corrected chi connectivity index (χ3v) is 5.75. The highest BCUT2D eigenvalue weighted by molar-refractivity contribution is 5.92. The molecule has 0 saturated carbocycles. The highest BCUT2D eigenvalue weighted by Crippen LogP contribution is 2.25. The smallest absolute Gasteiger partial charge is 0.228 e. The van der Waals surface area contributed by atoms with E-state index < -0.39 is 0 Å². The molecule has 0 radical (unpaired) electrons. The molecule has 1 aromatic heterocycles. The molecule has 2 heterocycles.